The number of ether oxygens (including phenoxy) is 9. The van der Waals surface area contributed by atoms with Crippen LogP contribution in [-0.4, -0.2) is 296 Å². The van der Waals surface area contributed by atoms with Gasteiger partial charge in [0, 0.05) is 91.6 Å². The summed E-state index contributed by atoms with van der Waals surface area (Å²) in [6, 6.07) is -3.25. The molecule has 6 unspecified atom stereocenters. The van der Waals surface area contributed by atoms with Crippen LogP contribution in [0, 0.1) is 5.92 Å². The third-order valence-corrected chi connectivity index (χ3v) is 14.3. The van der Waals surface area contributed by atoms with Crippen molar-refractivity contribution in [1.29, 1.82) is 0 Å². The third-order valence-electron chi connectivity index (χ3n) is 14.3. The topological polar surface area (TPSA) is 498 Å². The summed E-state index contributed by atoms with van der Waals surface area (Å²) in [6.07, 6.45) is -14.7. The lowest BCUT2D eigenvalue weighted by Gasteiger charge is -2.42. The van der Waals surface area contributed by atoms with Crippen LogP contribution < -0.4 is 42.5 Å². The van der Waals surface area contributed by atoms with Crippen LogP contribution in [0.25, 0.3) is 0 Å². The highest BCUT2D eigenvalue weighted by Gasteiger charge is 2.47. The van der Waals surface area contributed by atoms with Crippen LogP contribution in [-0.2, 0) is 81.0 Å². The molecule has 15 atom stereocenters. The maximum atomic E-state index is 13.7. The molecular formula is C55H98N8O26. The minimum absolute atomic E-state index is 0.0397. The quantitative estimate of drug-likeness (QED) is 0.0199. The largest absolute Gasteiger partial charge is 0.396 e. The van der Waals surface area contributed by atoms with E-state index >= 15 is 0 Å². The first-order valence-corrected chi connectivity index (χ1v) is 30.0. The van der Waals surface area contributed by atoms with Crippen LogP contribution in [0.1, 0.15) is 92.4 Å². The molecule has 34 heteroatoms. The number of rotatable bonds is 43. The maximum absolute atomic E-state index is 13.7. The van der Waals surface area contributed by atoms with E-state index in [1.165, 1.54) is 20.8 Å². The molecule has 1 saturated carbocycles. The van der Waals surface area contributed by atoms with Gasteiger partial charge in [-0.3, -0.25) is 38.4 Å². The van der Waals surface area contributed by atoms with Crippen LogP contribution in [0.5, 0.6) is 0 Å². The number of hydrogen-bond donors (Lipinski definition) is 17. The van der Waals surface area contributed by atoms with Gasteiger partial charge in [-0.2, -0.15) is 0 Å². The fourth-order valence-corrected chi connectivity index (χ4v) is 9.58. The van der Waals surface area contributed by atoms with Gasteiger partial charge in [-0.25, -0.2) is 0 Å². The van der Waals surface area contributed by atoms with Gasteiger partial charge < -0.3 is 131 Å². The summed E-state index contributed by atoms with van der Waals surface area (Å²) in [5, 5.41) is 113. The van der Waals surface area contributed by atoms with Gasteiger partial charge in [-0.05, 0) is 39.5 Å². The Balaban J connectivity index is 1.65. The molecule has 3 aliphatic rings. The first kappa shape index (κ1) is 78.3. The lowest BCUT2D eigenvalue weighted by atomic mass is 9.79. The highest BCUT2D eigenvalue weighted by molar-refractivity contribution is 5.84. The van der Waals surface area contributed by atoms with Crippen LogP contribution in [0.4, 0.5) is 0 Å². The number of aliphatic hydroxyl groups is 9. The first-order valence-electron chi connectivity index (χ1n) is 30.0. The highest BCUT2D eigenvalue weighted by Crippen LogP contribution is 2.28. The first-order chi connectivity index (χ1) is 42.3. The Morgan fingerprint density at radius 2 is 0.854 bits per heavy atom. The normalized spacial score (nSPS) is 27.6. The molecule has 0 bridgehead atoms. The van der Waals surface area contributed by atoms with E-state index in [1.54, 1.807) is 13.8 Å². The van der Waals surface area contributed by atoms with Crippen molar-refractivity contribution < 1.29 is 127 Å². The Kier molecular flexibility index (Phi) is 37.1. The average Bonchev–Trinajstić information content (AvgIpc) is 2.16. The molecule has 514 valence electrons. The molecule has 2 saturated heterocycles. The van der Waals surface area contributed by atoms with Crippen molar-refractivity contribution in [2.75, 3.05) is 106 Å². The molecule has 1 aliphatic carbocycles. The zero-order valence-electron chi connectivity index (χ0n) is 51.4. The molecule has 0 aromatic heterocycles. The summed E-state index contributed by atoms with van der Waals surface area (Å²) in [5.41, 5.74) is -1.57. The van der Waals surface area contributed by atoms with E-state index in [-0.39, 0.29) is 143 Å². The molecule has 0 spiro atoms. The lowest BCUT2D eigenvalue weighted by Crippen LogP contribution is -2.64. The number of aliphatic hydroxyl groups excluding tert-OH is 9. The lowest BCUT2D eigenvalue weighted by molar-refractivity contribution is -0.270. The van der Waals surface area contributed by atoms with Crippen LogP contribution in [0.15, 0.2) is 0 Å². The van der Waals surface area contributed by atoms with E-state index in [2.05, 4.69) is 42.5 Å². The summed E-state index contributed by atoms with van der Waals surface area (Å²) in [6.45, 7) is 4.05. The van der Waals surface area contributed by atoms with Gasteiger partial charge >= 0.3 is 0 Å². The molecule has 0 radical (unpaired) electrons. The van der Waals surface area contributed by atoms with Crippen LogP contribution >= 0.6 is 0 Å². The van der Waals surface area contributed by atoms with Gasteiger partial charge in [-0.15, -0.1) is 0 Å². The summed E-state index contributed by atoms with van der Waals surface area (Å²) in [5.74, 6) is -4.69. The zero-order chi connectivity index (χ0) is 66.1. The molecule has 0 aromatic carbocycles. The molecule has 8 amide bonds. The SMILES string of the molecule is CC(=O)NC1[C@H](OCCCNC(=O)CCOCC(COCCC(=O)NCCCO[C@@H]2OC(CO)[C@H](O)[C@H](O)C2NC(C)=O)(COCCC(=O)NCCCO[C@@H]2CC(CO)[C@H](O)[C@H](O)C2NC(C)=O)NC(=O)CCC(=O)NCOC(C)C)OC(CO)[C@H](O)[C@@H]1O. The van der Waals surface area contributed by atoms with Crippen molar-refractivity contribution in [1.82, 2.24) is 42.5 Å². The molecule has 17 N–H and O–H groups in total. The van der Waals surface area contributed by atoms with E-state index in [1.807, 2.05) is 0 Å². The highest BCUT2D eigenvalue weighted by atomic mass is 16.7. The summed E-state index contributed by atoms with van der Waals surface area (Å²) >= 11 is 0. The average molecular weight is 1290 g/mol. The van der Waals surface area contributed by atoms with Crippen molar-refractivity contribution in [3.8, 4) is 0 Å². The zero-order valence-corrected chi connectivity index (χ0v) is 51.4. The minimum atomic E-state index is -1.57. The third kappa shape index (κ3) is 29.0. The van der Waals surface area contributed by atoms with Crippen LogP contribution in [0.2, 0.25) is 0 Å². The number of nitrogens with one attached hydrogen (secondary N) is 8. The monoisotopic (exact) mass is 1290 g/mol. The van der Waals surface area contributed by atoms with E-state index < -0.39 is 164 Å². The Morgan fingerprint density at radius 1 is 0.472 bits per heavy atom. The minimum Gasteiger partial charge on any atom is -0.396 e. The smallest absolute Gasteiger partial charge is 0.222 e. The Bertz CT molecular complexity index is 1950. The molecular weight excluding hydrogens is 1190 g/mol. The number of hydrogen-bond acceptors (Lipinski definition) is 26. The molecule has 3 rings (SSSR count). The van der Waals surface area contributed by atoms with Crippen molar-refractivity contribution in [2.24, 2.45) is 5.92 Å². The van der Waals surface area contributed by atoms with Crippen molar-refractivity contribution in [2.45, 2.75) is 190 Å². The Morgan fingerprint density at radius 3 is 1.25 bits per heavy atom. The van der Waals surface area contributed by atoms with Crippen molar-refractivity contribution in [3.05, 3.63) is 0 Å². The predicted octanol–water partition coefficient (Wildman–Crippen LogP) is -7.60. The van der Waals surface area contributed by atoms with Gasteiger partial charge in [0.1, 0.15) is 67.1 Å². The molecule has 2 aliphatic heterocycles. The van der Waals surface area contributed by atoms with E-state index in [4.69, 9.17) is 42.6 Å². The molecule has 2 heterocycles. The van der Waals surface area contributed by atoms with Crippen molar-refractivity contribution >= 4 is 47.3 Å². The van der Waals surface area contributed by atoms with Crippen molar-refractivity contribution in [3.63, 3.8) is 0 Å². The molecule has 0 aromatic rings. The Hall–Kier alpha value is -4.96. The summed E-state index contributed by atoms with van der Waals surface area (Å²) in [4.78, 5) is 101. The molecule has 89 heavy (non-hydrogen) atoms. The summed E-state index contributed by atoms with van der Waals surface area (Å²) in [7, 11) is 0. The molecule has 34 nitrogen and oxygen atoms in total. The van der Waals surface area contributed by atoms with Gasteiger partial charge in [0.15, 0.2) is 12.6 Å². The van der Waals surface area contributed by atoms with Gasteiger partial charge in [-0.1, -0.05) is 0 Å². The number of carbonyl (C=O) groups excluding carboxylic acids is 8. The predicted molar refractivity (Wildman–Crippen MR) is 306 cm³/mol. The standard InChI is InChI=1S/C55H98N8O26/c1-31(2)87-30-59-39(70)9-10-43(74)63-55(27-81-20-11-40(71)56-14-6-17-84-36-23-35(24-64)47(75)50(78)44(36)60-32(3)67,28-82-21-12-41(72)57-15-7-18-85-53-45(61-33(4)68)51(79)48(76)37(25-65)88-53)29-83-22-13-42(73)58-16-8-19-86-54-46(62-34(5)69)52(80)49(77)38(26-66)89-54/h31,35-38,44-54,64-66,75-80H,6-30H2,1-5H3,(H,56,71)(H,57,72)(H,58,73)(H,59,70)(H,60,67)(H,61,68)(H,62,69)(H,63,74)/t35?,36-,37?,38?,44?,45?,46?,47+,48+,49+,50-,51-,52-,53-,54-,55?/m1/s1. The fourth-order valence-electron chi connectivity index (χ4n) is 9.58. The van der Waals surface area contributed by atoms with Gasteiger partial charge in [0.2, 0.25) is 47.3 Å². The number of carbonyl (C=O) groups is 8. The number of amides is 8. The second kappa shape index (κ2) is 42.2. The maximum Gasteiger partial charge on any atom is 0.222 e. The fraction of sp³-hybridized carbons (Fsp3) is 0.855. The van der Waals surface area contributed by atoms with E-state index in [0.717, 1.165) is 0 Å². The van der Waals surface area contributed by atoms with E-state index in [0.29, 0.717) is 6.42 Å². The second-order valence-electron chi connectivity index (χ2n) is 22.2. The Labute approximate surface area is 516 Å². The van der Waals surface area contributed by atoms with Gasteiger partial charge in [0.05, 0.1) is 90.4 Å². The second-order valence-corrected chi connectivity index (χ2v) is 22.2. The van der Waals surface area contributed by atoms with E-state index in [9.17, 15) is 84.3 Å². The van der Waals surface area contributed by atoms with Gasteiger partial charge in [0.25, 0.3) is 0 Å². The molecule has 3 fully saturated rings. The van der Waals surface area contributed by atoms with Crippen LogP contribution in [0.3, 0.4) is 0 Å². The summed E-state index contributed by atoms with van der Waals surface area (Å²) < 4.78 is 51.7.